The van der Waals surface area contributed by atoms with Crippen LogP contribution in [0.5, 0.6) is 0 Å². The minimum absolute atomic E-state index is 0.135. The van der Waals surface area contributed by atoms with Gasteiger partial charge in [0.2, 0.25) is 0 Å². The van der Waals surface area contributed by atoms with Crippen molar-refractivity contribution in [2.45, 2.75) is 168 Å². The van der Waals surface area contributed by atoms with E-state index in [9.17, 15) is 14.4 Å². The molecule has 0 radical (unpaired) electrons. The molecule has 0 heterocycles. The smallest absolute Gasteiger partial charge is 0.306 e. The molecule has 0 amide bonds. The first-order chi connectivity index (χ1) is 33.0. The molecule has 0 aliphatic heterocycles. The average molecular weight is 917 g/mol. The Morgan fingerprint density at radius 1 is 0.328 bits per heavy atom. The lowest BCUT2D eigenvalue weighted by Crippen LogP contribution is -2.30. The predicted octanol–water partition coefficient (Wildman–Crippen LogP) is 17.0. The van der Waals surface area contributed by atoms with Crippen LogP contribution in [0, 0.1) is 0 Å². The molecule has 0 aromatic heterocycles. The molecule has 1 unspecified atom stereocenters. The third-order valence-corrected chi connectivity index (χ3v) is 9.68. The molecule has 0 saturated carbocycles. The highest BCUT2D eigenvalue weighted by Crippen LogP contribution is 2.11. The van der Waals surface area contributed by atoms with Gasteiger partial charge in [0.25, 0.3) is 0 Å². The third kappa shape index (κ3) is 51.4. The van der Waals surface area contributed by atoms with Crippen LogP contribution in [0.3, 0.4) is 0 Å². The Morgan fingerprint density at radius 3 is 1.13 bits per heavy atom. The van der Waals surface area contributed by atoms with Gasteiger partial charge < -0.3 is 14.2 Å². The first-order valence-corrected chi connectivity index (χ1v) is 25.5. The van der Waals surface area contributed by atoms with Gasteiger partial charge in [-0.25, -0.2) is 0 Å². The molecule has 0 aliphatic rings. The van der Waals surface area contributed by atoms with Crippen LogP contribution < -0.4 is 0 Å². The van der Waals surface area contributed by atoms with Crippen molar-refractivity contribution in [1.82, 2.24) is 0 Å². The van der Waals surface area contributed by atoms with Gasteiger partial charge in [0, 0.05) is 19.3 Å². The Bertz CT molecular complexity index is 1670. The molecule has 6 nitrogen and oxygen atoms in total. The van der Waals surface area contributed by atoms with Gasteiger partial charge in [-0.15, -0.1) is 0 Å². The Balaban J connectivity index is 4.64. The van der Waals surface area contributed by atoms with Crippen LogP contribution >= 0.6 is 0 Å². The molecule has 67 heavy (non-hydrogen) atoms. The molecule has 0 aromatic rings. The number of unbranched alkanes of at least 4 members (excludes halogenated alkanes) is 11. The summed E-state index contributed by atoms with van der Waals surface area (Å²) in [6.07, 6.45) is 80.1. The van der Waals surface area contributed by atoms with Gasteiger partial charge in [-0.1, -0.05) is 235 Å². The van der Waals surface area contributed by atoms with Gasteiger partial charge in [0.15, 0.2) is 6.10 Å². The summed E-state index contributed by atoms with van der Waals surface area (Å²) >= 11 is 0. The lowest BCUT2D eigenvalue weighted by atomic mass is 10.1. The molecule has 0 aromatic carbocycles. The highest BCUT2D eigenvalue weighted by Gasteiger charge is 2.19. The fraction of sp³-hybridized carbons (Fsp3) is 0.459. The predicted molar refractivity (Wildman–Crippen MR) is 287 cm³/mol. The molecule has 368 valence electrons. The molecule has 0 bridgehead atoms. The van der Waals surface area contributed by atoms with Gasteiger partial charge in [0.1, 0.15) is 13.2 Å². The highest BCUT2D eigenvalue weighted by atomic mass is 16.6. The van der Waals surface area contributed by atoms with Crippen molar-refractivity contribution < 1.29 is 28.6 Å². The summed E-state index contributed by atoms with van der Waals surface area (Å²) in [5.41, 5.74) is 0. The topological polar surface area (TPSA) is 78.9 Å². The van der Waals surface area contributed by atoms with E-state index in [2.05, 4.69) is 93.7 Å². The van der Waals surface area contributed by atoms with Crippen LogP contribution in [0.25, 0.3) is 0 Å². The second-order valence-electron chi connectivity index (χ2n) is 15.9. The van der Waals surface area contributed by atoms with Crippen LogP contribution in [0.2, 0.25) is 0 Å². The standard InChI is InChI=1S/C61H88O6/c1-4-7-10-13-16-19-22-25-27-29-31-33-34-36-39-42-45-48-51-54-60(63)66-57-58(56-65-59(62)53-50-47-44-41-38-24-21-18-15-12-9-6-3)67-61(64)55-52-49-46-43-40-37-35-32-30-28-26-23-20-17-14-11-8-5-2/h7,9-14,16-23,25-36,38-39,41,58H,4-6,8,15,24,37,40,42-57H2,1-3H3/b10-7-,12-9-,14-11-,16-13-,20-17-,21-18-,22-19-,26-23-,27-25-,30-28-,31-29+,34-33-,35-32-,39-36-,41-38-. The van der Waals surface area contributed by atoms with Crippen LogP contribution in [0.1, 0.15) is 162 Å². The van der Waals surface area contributed by atoms with E-state index in [1.807, 2.05) is 109 Å². The fourth-order valence-electron chi connectivity index (χ4n) is 5.94. The zero-order valence-corrected chi connectivity index (χ0v) is 41.8. The third-order valence-electron chi connectivity index (χ3n) is 9.68. The molecular weight excluding hydrogens is 829 g/mol. The number of ether oxygens (including phenoxy) is 3. The zero-order valence-electron chi connectivity index (χ0n) is 41.8. The number of hydrogen-bond acceptors (Lipinski definition) is 6. The summed E-state index contributed by atoms with van der Waals surface area (Å²) in [6, 6.07) is 0. The van der Waals surface area contributed by atoms with Crippen molar-refractivity contribution in [2.24, 2.45) is 0 Å². The van der Waals surface area contributed by atoms with Crippen molar-refractivity contribution in [3.05, 3.63) is 182 Å². The van der Waals surface area contributed by atoms with Crippen LogP contribution in [0.15, 0.2) is 182 Å². The van der Waals surface area contributed by atoms with Gasteiger partial charge in [-0.2, -0.15) is 0 Å². The molecule has 0 aliphatic carbocycles. The van der Waals surface area contributed by atoms with Gasteiger partial charge in [0.05, 0.1) is 0 Å². The summed E-state index contributed by atoms with van der Waals surface area (Å²) in [4.78, 5) is 38.0. The van der Waals surface area contributed by atoms with E-state index in [4.69, 9.17) is 14.2 Å². The van der Waals surface area contributed by atoms with Crippen molar-refractivity contribution in [3.8, 4) is 0 Å². The van der Waals surface area contributed by atoms with E-state index in [0.29, 0.717) is 19.3 Å². The van der Waals surface area contributed by atoms with Crippen molar-refractivity contribution >= 4 is 17.9 Å². The summed E-state index contributed by atoms with van der Waals surface area (Å²) in [5, 5.41) is 0. The molecule has 0 fully saturated rings. The maximum Gasteiger partial charge on any atom is 0.306 e. The lowest BCUT2D eigenvalue weighted by molar-refractivity contribution is -0.167. The number of rotatable bonds is 42. The normalized spacial score (nSPS) is 13.7. The Hall–Kier alpha value is -5.49. The molecule has 6 heteroatoms. The Morgan fingerprint density at radius 2 is 0.657 bits per heavy atom. The second-order valence-corrected chi connectivity index (χ2v) is 15.9. The number of esters is 3. The Kier molecular flexibility index (Phi) is 48.8. The van der Waals surface area contributed by atoms with Crippen LogP contribution in [0.4, 0.5) is 0 Å². The fourth-order valence-corrected chi connectivity index (χ4v) is 5.94. The maximum atomic E-state index is 12.8. The molecule has 0 saturated heterocycles. The van der Waals surface area contributed by atoms with Crippen LogP contribution in [-0.4, -0.2) is 37.2 Å². The molecule has 0 rings (SSSR count). The largest absolute Gasteiger partial charge is 0.462 e. The lowest BCUT2D eigenvalue weighted by Gasteiger charge is -2.18. The quantitative estimate of drug-likeness (QED) is 0.0200. The summed E-state index contributed by atoms with van der Waals surface area (Å²) in [6.45, 7) is 6.15. The van der Waals surface area contributed by atoms with Crippen molar-refractivity contribution in [2.75, 3.05) is 13.2 Å². The van der Waals surface area contributed by atoms with Gasteiger partial charge in [-0.05, 0) is 89.9 Å². The second kappa shape index (κ2) is 53.1. The summed E-state index contributed by atoms with van der Waals surface area (Å²) in [7, 11) is 0. The molecule has 0 N–H and O–H groups in total. The summed E-state index contributed by atoms with van der Waals surface area (Å²) in [5.74, 6) is -1.06. The van der Waals surface area contributed by atoms with Crippen molar-refractivity contribution in [3.63, 3.8) is 0 Å². The van der Waals surface area contributed by atoms with E-state index in [1.54, 1.807) is 0 Å². The van der Waals surface area contributed by atoms with Crippen LogP contribution in [-0.2, 0) is 28.6 Å². The molecule has 0 spiro atoms. The van der Waals surface area contributed by atoms with Crippen molar-refractivity contribution in [1.29, 1.82) is 0 Å². The zero-order chi connectivity index (χ0) is 48.6. The highest BCUT2D eigenvalue weighted by molar-refractivity contribution is 5.71. The van der Waals surface area contributed by atoms with E-state index in [1.165, 1.54) is 6.42 Å². The van der Waals surface area contributed by atoms with E-state index in [0.717, 1.165) is 96.3 Å². The van der Waals surface area contributed by atoms with E-state index >= 15 is 0 Å². The number of carbonyl (C=O) groups excluding carboxylic acids is 3. The molecular formula is C61H88O6. The first kappa shape index (κ1) is 61.5. The first-order valence-electron chi connectivity index (χ1n) is 25.5. The van der Waals surface area contributed by atoms with Gasteiger partial charge >= 0.3 is 17.9 Å². The number of allylic oxidation sites excluding steroid dienone is 30. The number of carbonyl (C=O) groups is 3. The SMILES string of the molecule is CC\C=C/C=C\C=C/C=C\C=C\C=C/C=C\CCCCCC(=O)OCC(COC(=O)CCCC/C=C\C/C=C\C/C=C\CC)OC(=O)CCCCCCC\C=C/C=C\C=C/C=C\C=C/CCC. The maximum absolute atomic E-state index is 12.8. The minimum Gasteiger partial charge on any atom is -0.462 e. The van der Waals surface area contributed by atoms with E-state index in [-0.39, 0.29) is 50.4 Å². The van der Waals surface area contributed by atoms with Gasteiger partial charge in [-0.3, -0.25) is 14.4 Å². The Labute approximate surface area is 408 Å². The monoisotopic (exact) mass is 917 g/mol. The summed E-state index contributed by atoms with van der Waals surface area (Å²) < 4.78 is 16.7. The minimum atomic E-state index is -0.837. The number of hydrogen-bond donors (Lipinski definition) is 0. The molecule has 1 atom stereocenters. The average Bonchev–Trinajstić information content (AvgIpc) is 3.33. The van der Waals surface area contributed by atoms with E-state index < -0.39 is 6.10 Å².